The van der Waals surface area contributed by atoms with Crippen LogP contribution in [0.3, 0.4) is 0 Å². The van der Waals surface area contributed by atoms with Crippen molar-refractivity contribution >= 4 is 34.7 Å². The van der Waals surface area contributed by atoms with Gasteiger partial charge in [0.05, 0.1) is 5.57 Å². The molecule has 0 aromatic heterocycles. The molecule has 0 atom stereocenters. The van der Waals surface area contributed by atoms with Gasteiger partial charge in [0.2, 0.25) is 5.91 Å². The van der Waals surface area contributed by atoms with Crippen LogP contribution < -0.4 is 5.32 Å². The molecule has 1 amide bonds. The second-order valence-corrected chi connectivity index (χ2v) is 7.26. The van der Waals surface area contributed by atoms with Gasteiger partial charge in [0.15, 0.2) is 0 Å². The summed E-state index contributed by atoms with van der Waals surface area (Å²) in [6.45, 7) is 4.88. The molecule has 7 heteroatoms. The molecule has 150 valence electrons. The van der Waals surface area contributed by atoms with Crippen LogP contribution in [0.25, 0.3) is 16.7 Å². The van der Waals surface area contributed by atoms with E-state index in [-0.39, 0.29) is 10.6 Å². The maximum absolute atomic E-state index is 13.9. The second-order valence-electron chi connectivity index (χ2n) is 6.39. The summed E-state index contributed by atoms with van der Waals surface area (Å²) >= 11 is 12.1. The summed E-state index contributed by atoms with van der Waals surface area (Å²) in [5.74, 6) is -0.749. The van der Waals surface area contributed by atoms with Crippen LogP contribution in [0, 0.1) is 6.92 Å². The Kier molecular flexibility index (Phi) is 7.18. The number of rotatable bonds is 5. The smallest absolute Gasteiger partial charge is 0.352 e. The standard InChI is InChI=1S/C21H20Cl2F3NO/c1-4-9-27-20(28)13(3)19(21(24,25)26)18-11-16(23)10-17(12(18)2)14-5-7-15(22)8-6-14/h5-8,10-11H,4,9H2,1-3H3,(H,27,28)/b19-13-. The molecule has 0 unspecified atom stereocenters. The van der Waals surface area contributed by atoms with Crippen molar-refractivity contribution in [1.29, 1.82) is 0 Å². The molecule has 2 aromatic rings. The van der Waals surface area contributed by atoms with Crippen LogP contribution >= 0.6 is 23.2 Å². The number of hydrogen-bond donors (Lipinski definition) is 1. The minimum absolute atomic E-state index is 0.117. The molecule has 0 fully saturated rings. The lowest BCUT2D eigenvalue weighted by Gasteiger charge is -2.20. The summed E-state index contributed by atoms with van der Waals surface area (Å²) in [5, 5.41) is 3.16. The molecule has 0 aliphatic heterocycles. The minimum atomic E-state index is -4.72. The van der Waals surface area contributed by atoms with Crippen molar-refractivity contribution in [3.8, 4) is 11.1 Å². The van der Waals surface area contributed by atoms with Gasteiger partial charge in [-0.2, -0.15) is 13.2 Å². The van der Waals surface area contributed by atoms with E-state index in [9.17, 15) is 18.0 Å². The first-order valence-electron chi connectivity index (χ1n) is 8.69. The molecule has 0 heterocycles. The number of alkyl halides is 3. The van der Waals surface area contributed by atoms with Crippen LogP contribution in [-0.4, -0.2) is 18.6 Å². The molecule has 2 rings (SSSR count). The average molecular weight is 430 g/mol. The molecule has 0 saturated heterocycles. The quantitative estimate of drug-likeness (QED) is 0.518. The fraction of sp³-hybridized carbons (Fsp3) is 0.286. The van der Waals surface area contributed by atoms with Gasteiger partial charge in [-0.05, 0) is 66.8 Å². The first-order valence-corrected chi connectivity index (χ1v) is 9.44. The molecule has 0 bridgehead atoms. The lowest BCUT2D eigenvalue weighted by Crippen LogP contribution is -2.27. The Labute approximate surface area is 172 Å². The highest BCUT2D eigenvalue weighted by atomic mass is 35.5. The molecule has 0 radical (unpaired) electrons. The maximum atomic E-state index is 13.9. The molecule has 2 nitrogen and oxygen atoms in total. The van der Waals surface area contributed by atoms with Gasteiger partial charge >= 0.3 is 6.18 Å². The lowest BCUT2D eigenvalue weighted by molar-refractivity contribution is -0.118. The van der Waals surface area contributed by atoms with Crippen molar-refractivity contribution in [1.82, 2.24) is 5.32 Å². The Balaban J connectivity index is 2.71. The van der Waals surface area contributed by atoms with Crippen molar-refractivity contribution < 1.29 is 18.0 Å². The summed E-state index contributed by atoms with van der Waals surface area (Å²) in [6.07, 6.45) is -4.10. The van der Waals surface area contributed by atoms with Crippen molar-refractivity contribution in [3.05, 3.63) is 63.1 Å². The summed E-state index contributed by atoms with van der Waals surface area (Å²) in [4.78, 5) is 12.2. The van der Waals surface area contributed by atoms with Gasteiger partial charge in [-0.25, -0.2) is 0 Å². The number of carbonyl (C=O) groups is 1. The predicted octanol–water partition coefficient (Wildman–Crippen LogP) is 6.83. The topological polar surface area (TPSA) is 29.1 Å². The maximum Gasteiger partial charge on any atom is 0.417 e. The highest BCUT2D eigenvalue weighted by Gasteiger charge is 2.39. The Morgan fingerprint density at radius 2 is 1.68 bits per heavy atom. The van der Waals surface area contributed by atoms with Crippen molar-refractivity contribution in [2.24, 2.45) is 0 Å². The molecular weight excluding hydrogens is 410 g/mol. The van der Waals surface area contributed by atoms with E-state index in [0.29, 0.717) is 34.7 Å². The average Bonchev–Trinajstić information content (AvgIpc) is 2.62. The van der Waals surface area contributed by atoms with E-state index in [2.05, 4.69) is 5.32 Å². The lowest BCUT2D eigenvalue weighted by atomic mass is 9.90. The Morgan fingerprint density at radius 3 is 2.21 bits per heavy atom. The molecule has 0 saturated carbocycles. The van der Waals surface area contributed by atoms with E-state index in [1.165, 1.54) is 13.0 Å². The van der Waals surface area contributed by atoms with E-state index in [4.69, 9.17) is 23.2 Å². The van der Waals surface area contributed by atoms with Crippen molar-refractivity contribution in [2.75, 3.05) is 6.54 Å². The van der Waals surface area contributed by atoms with Crippen LogP contribution in [0.4, 0.5) is 13.2 Å². The fourth-order valence-electron chi connectivity index (χ4n) is 2.92. The van der Waals surface area contributed by atoms with Crippen LogP contribution in [-0.2, 0) is 4.79 Å². The number of benzene rings is 2. The third kappa shape index (κ3) is 5.09. The molecule has 1 N–H and O–H groups in total. The van der Waals surface area contributed by atoms with Crippen LogP contribution in [0.2, 0.25) is 10.0 Å². The SMILES string of the molecule is CCCNC(=O)/C(C)=C(/c1cc(Cl)cc(-c2ccc(Cl)cc2)c1C)C(F)(F)F. The summed E-state index contributed by atoms with van der Waals surface area (Å²) in [5.41, 5.74) is 0.100. The Hall–Kier alpha value is -1.98. The molecule has 28 heavy (non-hydrogen) atoms. The van der Waals surface area contributed by atoms with Gasteiger partial charge in [0, 0.05) is 22.2 Å². The number of hydrogen-bond acceptors (Lipinski definition) is 1. The zero-order chi connectivity index (χ0) is 21.1. The van der Waals surface area contributed by atoms with E-state index in [1.807, 2.05) is 6.92 Å². The number of amides is 1. The van der Waals surface area contributed by atoms with Gasteiger partial charge in [-0.15, -0.1) is 0 Å². The number of allylic oxidation sites excluding steroid dienone is 1. The Bertz CT molecular complexity index is 903. The number of carbonyl (C=O) groups excluding carboxylic acids is 1. The van der Waals surface area contributed by atoms with Crippen molar-refractivity contribution in [2.45, 2.75) is 33.4 Å². The van der Waals surface area contributed by atoms with Crippen molar-refractivity contribution in [3.63, 3.8) is 0 Å². The van der Waals surface area contributed by atoms with Gasteiger partial charge in [0.1, 0.15) is 0 Å². The van der Waals surface area contributed by atoms with Gasteiger partial charge < -0.3 is 5.32 Å². The van der Waals surface area contributed by atoms with E-state index >= 15 is 0 Å². The van der Waals surface area contributed by atoms with Gasteiger partial charge in [-0.1, -0.05) is 42.3 Å². The molecule has 0 aliphatic carbocycles. The zero-order valence-corrected chi connectivity index (χ0v) is 17.2. The second kappa shape index (κ2) is 9.01. The monoisotopic (exact) mass is 429 g/mol. The third-order valence-electron chi connectivity index (χ3n) is 4.33. The fourth-order valence-corrected chi connectivity index (χ4v) is 3.26. The first-order chi connectivity index (χ1) is 13.1. The predicted molar refractivity (Wildman–Crippen MR) is 109 cm³/mol. The van der Waals surface area contributed by atoms with Crippen LogP contribution in [0.5, 0.6) is 0 Å². The van der Waals surface area contributed by atoms with E-state index in [1.54, 1.807) is 37.3 Å². The third-order valence-corrected chi connectivity index (χ3v) is 4.80. The molecule has 0 spiro atoms. The highest BCUT2D eigenvalue weighted by Crippen LogP contribution is 2.41. The van der Waals surface area contributed by atoms with Gasteiger partial charge in [0.25, 0.3) is 0 Å². The normalized spacial score (nSPS) is 12.6. The summed E-state index contributed by atoms with van der Waals surface area (Å²) < 4.78 is 41.8. The minimum Gasteiger partial charge on any atom is -0.352 e. The number of nitrogens with one attached hydrogen (secondary N) is 1. The highest BCUT2D eigenvalue weighted by molar-refractivity contribution is 6.31. The molecule has 0 aliphatic rings. The van der Waals surface area contributed by atoms with E-state index < -0.39 is 23.2 Å². The number of halogens is 5. The van der Waals surface area contributed by atoms with Crippen LogP contribution in [0.1, 0.15) is 31.4 Å². The zero-order valence-electron chi connectivity index (χ0n) is 15.7. The largest absolute Gasteiger partial charge is 0.417 e. The Morgan fingerprint density at radius 1 is 1.07 bits per heavy atom. The first kappa shape index (κ1) is 22.3. The summed E-state index contributed by atoms with van der Waals surface area (Å²) in [7, 11) is 0. The van der Waals surface area contributed by atoms with E-state index in [0.717, 1.165) is 0 Å². The summed E-state index contributed by atoms with van der Waals surface area (Å²) in [6, 6.07) is 9.58. The molecular formula is C21H20Cl2F3NO. The van der Waals surface area contributed by atoms with Gasteiger partial charge in [-0.3, -0.25) is 4.79 Å². The van der Waals surface area contributed by atoms with Crippen LogP contribution in [0.15, 0.2) is 42.0 Å². The molecule has 2 aromatic carbocycles.